The number of rotatable bonds is 1. The summed E-state index contributed by atoms with van der Waals surface area (Å²) in [6, 6.07) is 7.74. The summed E-state index contributed by atoms with van der Waals surface area (Å²) in [5.41, 5.74) is 0.843. The second-order valence-electron chi connectivity index (χ2n) is 2.61. The van der Waals surface area contributed by atoms with Crippen molar-refractivity contribution in [1.29, 1.82) is 5.26 Å². The molecule has 0 fully saturated rings. The highest BCUT2D eigenvalue weighted by Gasteiger charge is 2.21. The molecular formula is C10H6F3N. The molecule has 0 aliphatic rings. The fraction of sp³-hybridized carbons (Fsp3) is 0.100. The molecule has 0 aliphatic heterocycles. The highest BCUT2D eigenvalue weighted by Crippen LogP contribution is 2.18. The molecule has 0 radical (unpaired) electrons. The van der Waals surface area contributed by atoms with E-state index in [0.717, 1.165) is 6.08 Å². The number of benzene rings is 1. The van der Waals surface area contributed by atoms with Gasteiger partial charge in [-0.05, 0) is 17.7 Å². The zero-order chi connectivity index (χ0) is 10.6. The minimum absolute atomic E-state index is 0.161. The Morgan fingerprint density at radius 1 is 1.14 bits per heavy atom. The molecule has 1 aromatic carbocycles. The Morgan fingerprint density at radius 2 is 1.71 bits per heavy atom. The van der Waals surface area contributed by atoms with Crippen LogP contribution in [-0.4, -0.2) is 6.18 Å². The molecule has 4 heteroatoms. The molecule has 0 aliphatic carbocycles. The van der Waals surface area contributed by atoms with Crippen LogP contribution in [0.2, 0.25) is 0 Å². The van der Waals surface area contributed by atoms with Crippen molar-refractivity contribution in [2.75, 3.05) is 0 Å². The van der Waals surface area contributed by atoms with Crippen molar-refractivity contribution in [2.24, 2.45) is 0 Å². The van der Waals surface area contributed by atoms with Gasteiger partial charge in [0, 0.05) is 6.08 Å². The Bertz CT molecular complexity index is 368. The first-order valence-electron chi connectivity index (χ1n) is 3.77. The van der Waals surface area contributed by atoms with Gasteiger partial charge in [-0.2, -0.15) is 18.4 Å². The number of nitrogens with zero attached hydrogens (tertiary/aromatic N) is 1. The third kappa shape index (κ3) is 3.31. The van der Waals surface area contributed by atoms with Gasteiger partial charge in [0.15, 0.2) is 0 Å². The van der Waals surface area contributed by atoms with Gasteiger partial charge in [-0.3, -0.25) is 0 Å². The van der Waals surface area contributed by atoms with E-state index in [1.54, 1.807) is 0 Å². The summed E-state index contributed by atoms with van der Waals surface area (Å²) in [6.07, 6.45) is -3.18. The molecular weight excluding hydrogens is 191 g/mol. The molecule has 0 unspecified atom stereocenters. The zero-order valence-electron chi connectivity index (χ0n) is 7.05. The molecule has 0 bridgehead atoms. The van der Waals surface area contributed by atoms with E-state index in [1.807, 2.05) is 6.07 Å². The number of hydrogen-bond acceptors (Lipinski definition) is 1. The fourth-order valence-corrected chi connectivity index (χ4v) is 0.859. The van der Waals surface area contributed by atoms with Crippen LogP contribution in [0.5, 0.6) is 0 Å². The van der Waals surface area contributed by atoms with E-state index in [0.29, 0.717) is 11.1 Å². The van der Waals surface area contributed by atoms with Crippen molar-refractivity contribution in [2.45, 2.75) is 6.18 Å². The average molecular weight is 197 g/mol. The first-order chi connectivity index (χ1) is 6.51. The number of hydrogen-bond donors (Lipinski definition) is 0. The number of alkyl halides is 3. The number of halogens is 3. The molecule has 0 amide bonds. The van der Waals surface area contributed by atoms with Crippen LogP contribution in [0.3, 0.4) is 0 Å². The van der Waals surface area contributed by atoms with E-state index in [1.165, 1.54) is 24.3 Å². The summed E-state index contributed by atoms with van der Waals surface area (Å²) in [7, 11) is 0. The normalized spacial score (nSPS) is 11.6. The summed E-state index contributed by atoms with van der Waals surface area (Å²) in [4.78, 5) is 0. The first-order valence-corrected chi connectivity index (χ1v) is 3.77. The van der Waals surface area contributed by atoms with Crippen molar-refractivity contribution in [3.63, 3.8) is 0 Å². The van der Waals surface area contributed by atoms with Crippen LogP contribution in [0.25, 0.3) is 6.08 Å². The quantitative estimate of drug-likeness (QED) is 0.678. The predicted molar refractivity (Wildman–Crippen MR) is 46.2 cm³/mol. The third-order valence-electron chi connectivity index (χ3n) is 1.50. The van der Waals surface area contributed by atoms with Crippen LogP contribution in [0.1, 0.15) is 11.1 Å². The molecule has 72 valence electrons. The summed E-state index contributed by atoms with van der Waals surface area (Å²) in [5, 5.41) is 8.44. The maximum Gasteiger partial charge on any atom is 0.409 e. The van der Waals surface area contributed by atoms with Crippen LogP contribution < -0.4 is 0 Å². The highest BCUT2D eigenvalue weighted by atomic mass is 19.4. The van der Waals surface area contributed by atoms with E-state index in [4.69, 9.17) is 5.26 Å². The van der Waals surface area contributed by atoms with Gasteiger partial charge in [0.25, 0.3) is 0 Å². The fourth-order valence-electron chi connectivity index (χ4n) is 0.859. The topological polar surface area (TPSA) is 23.8 Å². The summed E-state index contributed by atoms with van der Waals surface area (Å²) in [6.45, 7) is 0. The molecule has 1 rings (SSSR count). The monoisotopic (exact) mass is 197 g/mol. The smallest absolute Gasteiger partial charge is 0.192 e. The lowest BCUT2D eigenvalue weighted by Gasteiger charge is -1.97. The van der Waals surface area contributed by atoms with Gasteiger partial charge in [0.1, 0.15) is 0 Å². The lowest BCUT2D eigenvalue weighted by Crippen LogP contribution is -2.00. The summed E-state index contributed by atoms with van der Waals surface area (Å²) < 4.78 is 35.2. The average Bonchev–Trinajstić information content (AvgIpc) is 2.14. The second kappa shape index (κ2) is 3.97. The van der Waals surface area contributed by atoms with E-state index in [2.05, 4.69) is 0 Å². The van der Waals surface area contributed by atoms with E-state index in [9.17, 15) is 13.2 Å². The van der Waals surface area contributed by atoms with Crippen LogP contribution in [0.15, 0.2) is 30.3 Å². The van der Waals surface area contributed by atoms with Crippen molar-refractivity contribution < 1.29 is 13.2 Å². The molecule has 0 saturated heterocycles. The summed E-state index contributed by atoms with van der Waals surface area (Å²) >= 11 is 0. The van der Waals surface area contributed by atoms with Crippen molar-refractivity contribution in [3.05, 3.63) is 41.5 Å². The van der Waals surface area contributed by atoms with Crippen LogP contribution in [-0.2, 0) is 0 Å². The summed E-state index contributed by atoms with van der Waals surface area (Å²) in [5.74, 6) is 0. The Hall–Kier alpha value is -1.76. The molecule has 14 heavy (non-hydrogen) atoms. The highest BCUT2D eigenvalue weighted by molar-refractivity contribution is 5.51. The molecule has 0 atom stereocenters. The van der Waals surface area contributed by atoms with Crippen molar-refractivity contribution in [1.82, 2.24) is 0 Å². The van der Waals surface area contributed by atoms with Crippen molar-refractivity contribution in [3.8, 4) is 6.07 Å². The van der Waals surface area contributed by atoms with Gasteiger partial charge in [-0.25, -0.2) is 0 Å². The third-order valence-corrected chi connectivity index (χ3v) is 1.50. The van der Waals surface area contributed by atoms with Gasteiger partial charge in [-0.15, -0.1) is 0 Å². The second-order valence-corrected chi connectivity index (χ2v) is 2.61. The zero-order valence-corrected chi connectivity index (χ0v) is 7.05. The Kier molecular flexibility index (Phi) is 2.92. The van der Waals surface area contributed by atoms with Gasteiger partial charge >= 0.3 is 6.18 Å². The van der Waals surface area contributed by atoms with Crippen LogP contribution >= 0.6 is 0 Å². The molecule has 0 saturated carbocycles. The van der Waals surface area contributed by atoms with Gasteiger partial charge in [-0.1, -0.05) is 18.2 Å². The Labute approximate surface area is 79.1 Å². The molecule has 1 nitrogen and oxygen atoms in total. The van der Waals surface area contributed by atoms with Gasteiger partial charge < -0.3 is 0 Å². The lowest BCUT2D eigenvalue weighted by atomic mass is 10.1. The molecule has 0 N–H and O–H groups in total. The van der Waals surface area contributed by atoms with Crippen LogP contribution in [0, 0.1) is 11.3 Å². The maximum atomic E-state index is 11.7. The Morgan fingerprint density at radius 3 is 2.14 bits per heavy atom. The van der Waals surface area contributed by atoms with Gasteiger partial charge in [0.2, 0.25) is 0 Å². The first kappa shape index (κ1) is 10.3. The molecule has 0 heterocycles. The molecule has 0 spiro atoms. The van der Waals surface area contributed by atoms with E-state index in [-0.39, 0.29) is 6.08 Å². The largest absolute Gasteiger partial charge is 0.409 e. The molecule has 0 aromatic heterocycles. The minimum atomic E-state index is -4.30. The van der Waals surface area contributed by atoms with E-state index >= 15 is 0 Å². The SMILES string of the molecule is N#Cc1ccc(/C=C\C(F)(F)F)cc1. The van der Waals surface area contributed by atoms with Gasteiger partial charge in [0.05, 0.1) is 11.6 Å². The van der Waals surface area contributed by atoms with Crippen molar-refractivity contribution >= 4 is 6.08 Å². The number of nitriles is 1. The minimum Gasteiger partial charge on any atom is -0.192 e. The standard InChI is InChI=1S/C10H6F3N/c11-10(12,13)6-5-8-1-3-9(7-14)4-2-8/h1-6H/b6-5-. The molecule has 1 aromatic rings. The Balaban J connectivity index is 2.80. The van der Waals surface area contributed by atoms with E-state index < -0.39 is 6.18 Å². The van der Waals surface area contributed by atoms with Crippen LogP contribution in [0.4, 0.5) is 13.2 Å². The lowest BCUT2D eigenvalue weighted by molar-refractivity contribution is -0.0790. The maximum absolute atomic E-state index is 11.7. The number of allylic oxidation sites excluding steroid dienone is 1. The predicted octanol–water partition coefficient (Wildman–Crippen LogP) is 3.13.